The summed E-state index contributed by atoms with van der Waals surface area (Å²) in [5.41, 5.74) is 1.70. The Kier molecular flexibility index (Phi) is 2.78. The average molecular weight is 175 g/mol. The molecule has 54 valence electrons. The molecule has 3 nitrogen and oxygen atoms in total. The maximum absolute atomic E-state index is 10.1. The molecule has 1 heterocycles. The molecule has 0 aliphatic carbocycles. The van der Waals surface area contributed by atoms with E-state index in [0.717, 1.165) is 4.88 Å². The fourth-order valence-electron chi connectivity index (χ4n) is 0.567. The molecule has 0 aliphatic heterocycles. The van der Waals surface area contributed by atoms with Gasteiger partial charge in [0, 0.05) is 11.1 Å². The van der Waals surface area contributed by atoms with E-state index in [4.69, 9.17) is 0 Å². The predicted octanol–water partition coefficient (Wildman–Crippen LogP) is 1.86. The largest absolute Gasteiger partial charge is 0.316 e. The zero-order chi connectivity index (χ0) is 7.40. The predicted molar refractivity (Wildman–Crippen MR) is 39.0 cm³/mol. The number of aromatic nitrogens is 1. The molecule has 1 rings (SSSR count). The molecule has 10 heavy (non-hydrogen) atoms. The number of hydrogen-bond acceptors (Lipinski definition) is 4. The summed E-state index contributed by atoms with van der Waals surface area (Å²) in [6.07, 6.45) is 2.53. The molecule has 0 aromatic carbocycles. The molecule has 1 aromatic rings. The maximum Gasteiger partial charge on any atom is 0.316 e. The van der Waals surface area contributed by atoms with Gasteiger partial charge >= 0.3 is 7.68 Å². The van der Waals surface area contributed by atoms with Crippen molar-refractivity contribution < 1.29 is 9.13 Å². The Morgan fingerprint density at radius 1 is 1.60 bits per heavy atom. The molecule has 5 heteroatoms. The number of hydrogen-bond donors (Lipinski definition) is 0. The van der Waals surface area contributed by atoms with Crippen LogP contribution < -0.4 is 0 Å². The standard InChI is InChI=1S/C5H6NO2PS/c7-9(8)2-1-5-3-6-4-10-5/h3-4H,1-2H2. The van der Waals surface area contributed by atoms with Crippen LogP contribution in [0.25, 0.3) is 0 Å². The van der Waals surface area contributed by atoms with Gasteiger partial charge in [-0.3, -0.25) is 4.98 Å². The third-order valence-corrected chi connectivity index (χ3v) is 2.45. The molecule has 0 saturated heterocycles. The van der Waals surface area contributed by atoms with Crippen molar-refractivity contribution >= 4 is 19.0 Å². The Labute approximate surface area is 62.9 Å². The van der Waals surface area contributed by atoms with Crippen molar-refractivity contribution in [3.05, 3.63) is 16.6 Å². The first-order valence-electron chi connectivity index (χ1n) is 2.78. The Hall–Kier alpha value is -0.470. The van der Waals surface area contributed by atoms with Gasteiger partial charge in [0.05, 0.1) is 11.7 Å². The summed E-state index contributed by atoms with van der Waals surface area (Å²) in [4.78, 5) is 4.85. The second-order valence-corrected chi connectivity index (χ2v) is 3.86. The van der Waals surface area contributed by atoms with Crippen LogP contribution in [0.5, 0.6) is 0 Å². The van der Waals surface area contributed by atoms with Crippen LogP contribution in [-0.2, 0) is 15.6 Å². The van der Waals surface area contributed by atoms with E-state index in [1.807, 2.05) is 0 Å². The Morgan fingerprint density at radius 3 is 2.90 bits per heavy atom. The van der Waals surface area contributed by atoms with Crippen molar-refractivity contribution in [3.63, 3.8) is 0 Å². The Bertz CT molecular complexity index is 247. The van der Waals surface area contributed by atoms with E-state index in [0.29, 0.717) is 6.42 Å². The van der Waals surface area contributed by atoms with Gasteiger partial charge < -0.3 is 0 Å². The summed E-state index contributed by atoms with van der Waals surface area (Å²) >= 11 is 1.49. The fourth-order valence-corrected chi connectivity index (χ4v) is 1.74. The number of thiazole rings is 1. The van der Waals surface area contributed by atoms with Gasteiger partial charge in [0.25, 0.3) is 0 Å². The van der Waals surface area contributed by atoms with E-state index < -0.39 is 7.68 Å². The number of nitrogens with zero attached hydrogens (tertiary/aromatic N) is 1. The van der Waals surface area contributed by atoms with Crippen LogP contribution >= 0.6 is 19.0 Å². The Morgan fingerprint density at radius 2 is 2.40 bits per heavy atom. The van der Waals surface area contributed by atoms with E-state index in [9.17, 15) is 9.13 Å². The fraction of sp³-hybridized carbons (Fsp3) is 0.400. The van der Waals surface area contributed by atoms with Gasteiger partial charge in [0.1, 0.15) is 0 Å². The number of aryl methyl sites for hydroxylation is 1. The van der Waals surface area contributed by atoms with Crippen LogP contribution in [0, 0.1) is 0 Å². The summed E-state index contributed by atoms with van der Waals surface area (Å²) in [6.45, 7) is 0. The van der Waals surface area contributed by atoms with E-state index in [1.54, 1.807) is 11.7 Å². The molecule has 0 saturated carbocycles. The monoisotopic (exact) mass is 175 g/mol. The average Bonchev–Trinajstić information content (AvgIpc) is 2.34. The summed E-state index contributed by atoms with van der Waals surface area (Å²) in [5.74, 6) is 0. The summed E-state index contributed by atoms with van der Waals surface area (Å²) in [6, 6.07) is 0. The minimum atomic E-state index is -2.23. The van der Waals surface area contributed by atoms with E-state index >= 15 is 0 Å². The lowest BCUT2D eigenvalue weighted by molar-refractivity contribution is 0.515. The van der Waals surface area contributed by atoms with Crippen LogP contribution in [0.3, 0.4) is 0 Å². The topological polar surface area (TPSA) is 47.0 Å². The summed E-state index contributed by atoms with van der Waals surface area (Å²) in [7, 11) is -2.23. The van der Waals surface area contributed by atoms with Crippen LogP contribution in [0.2, 0.25) is 0 Å². The lowest BCUT2D eigenvalue weighted by Crippen LogP contribution is -1.79. The van der Waals surface area contributed by atoms with Crippen molar-refractivity contribution in [3.8, 4) is 0 Å². The summed E-state index contributed by atoms with van der Waals surface area (Å²) < 4.78 is 20.2. The van der Waals surface area contributed by atoms with E-state index in [1.165, 1.54) is 11.3 Å². The molecular formula is C5H6NO2PS. The third kappa shape index (κ3) is 2.42. The van der Waals surface area contributed by atoms with Gasteiger partial charge in [0.2, 0.25) is 0 Å². The van der Waals surface area contributed by atoms with Gasteiger partial charge in [-0.1, -0.05) is 0 Å². The SMILES string of the molecule is O=P(=O)CCc1cncs1. The van der Waals surface area contributed by atoms with Crippen molar-refractivity contribution in [2.45, 2.75) is 6.42 Å². The molecule has 0 spiro atoms. The molecule has 0 fully saturated rings. The molecule has 0 aliphatic rings. The van der Waals surface area contributed by atoms with Gasteiger partial charge in [0.15, 0.2) is 0 Å². The molecule has 0 radical (unpaired) electrons. The molecule has 0 bridgehead atoms. The molecule has 1 aromatic heterocycles. The minimum absolute atomic E-state index is 0.234. The molecule has 0 unspecified atom stereocenters. The first-order chi connectivity index (χ1) is 4.79. The number of rotatable bonds is 3. The maximum atomic E-state index is 10.1. The summed E-state index contributed by atoms with van der Waals surface area (Å²) in [5, 5.41) is 0. The highest BCUT2D eigenvalue weighted by Crippen LogP contribution is 2.11. The van der Waals surface area contributed by atoms with Crippen LogP contribution in [0.15, 0.2) is 11.7 Å². The first kappa shape index (κ1) is 7.63. The molecule has 0 amide bonds. The zero-order valence-corrected chi connectivity index (χ0v) is 6.90. The van der Waals surface area contributed by atoms with Crippen molar-refractivity contribution in [1.82, 2.24) is 4.98 Å². The second kappa shape index (κ2) is 3.64. The minimum Gasteiger partial charge on any atom is -0.253 e. The Balaban J connectivity index is 2.42. The van der Waals surface area contributed by atoms with Crippen LogP contribution in [0.4, 0.5) is 0 Å². The van der Waals surface area contributed by atoms with Crippen molar-refractivity contribution in [2.75, 3.05) is 6.16 Å². The second-order valence-electron chi connectivity index (χ2n) is 1.77. The third-order valence-electron chi connectivity index (χ3n) is 1.02. The highest BCUT2D eigenvalue weighted by Gasteiger charge is 1.96. The van der Waals surface area contributed by atoms with E-state index in [2.05, 4.69) is 4.98 Å². The highest BCUT2D eigenvalue weighted by atomic mass is 32.1. The molecule has 0 N–H and O–H groups in total. The van der Waals surface area contributed by atoms with Gasteiger partial charge in [-0.2, -0.15) is 0 Å². The van der Waals surface area contributed by atoms with Crippen LogP contribution in [0.1, 0.15) is 4.88 Å². The van der Waals surface area contributed by atoms with Gasteiger partial charge in [-0.25, -0.2) is 9.13 Å². The van der Waals surface area contributed by atoms with Crippen molar-refractivity contribution in [1.29, 1.82) is 0 Å². The van der Waals surface area contributed by atoms with Crippen molar-refractivity contribution in [2.24, 2.45) is 0 Å². The zero-order valence-electron chi connectivity index (χ0n) is 5.19. The first-order valence-corrected chi connectivity index (χ1v) is 5.02. The highest BCUT2D eigenvalue weighted by molar-refractivity contribution is 7.30. The quantitative estimate of drug-likeness (QED) is 0.658. The lowest BCUT2D eigenvalue weighted by Gasteiger charge is -1.83. The molecule has 0 atom stereocenters. The smallest absolute Gasteiger partial charge is 0.253 e. The lowest BCUT2D eigenvalue weighted by atomic mass is 10.4. The van der Waals surface area contributed by atoms with Gasteiger partial charge in [-0.05, 0) is 6.42 Å². The van der Waals surface area contributed by atoms with E-state index in [-0.39, 0.29) is 6.16 Å². The van der Waals surface area contributed by atoms with Gasteiger partial charge in [-0.15, -0.1) is 11.3 Å². The molecular weight excluding hydrogens is 169 g/mol. The van der Waals surface area contributed by atoms with Crippen LogP contribution in [-0.4, -0.2) is 11.1 Å². The normalized spacial score (nSPS) is 9.60.